The Balaban J connectivity index is 2.98. The Bertz CT molecular complexity index is 316. The number of hydrogen-bond acceptors (Lipinski definition) is 4. The summed E-state index contributed by atoms with van der Waals surface area (Å²) in [5.74, 6) is -0.767. The van der Waals surface area contributed by atoms with Gasteiger partial charge in [0.25, 0.3) is 0 Å². The summed E-state index contributed by atoms with van der Waals surface area (Å²) in [7, 11) is 0. The van der Waals surface area contributed by atoms with Gasteiger partial charge in [0.1, 0.15) is 5.76 Å². The van der Waals surface area contributed by atoms with E-state index in [1.807, 2.05) is 0 Å². The molecule has 2 N–H and O–H groups in total. The number of aliphatic hydroxyl groups excluding tert-OH is 1. The number of aliphatic hydroxyl groups is 1. The lowest BCUT2D eigenvalue weighted by molar-refractivity contribution is 0.0685. The summed E-state index contributed by atoms with van der Waals surface area (Å²) >= 11 is 0. The van der Waals surface area contributed by atoms with E-state index in [-0.39, 0.29) is 12.3 Å². The lowest BCUT2D eigenvalue weighted by Gasteiger charge is -2.16. The number of carboxylic acids is 1. The topological polar surface area (TPSA) is 83.6 Å². The second kappa shape index (κ2) is 3.18. The average molecular weight is 185 g/mol. The number of nitrogens with zero attached hydrogens (tertiary/aromatic N) is 1. The van der Waals surface area contributed by atoms with E-state index in [0.717, 1.165) is 0 Å². The molecule has 1 rings (SSSR count). The van der Waals surface area contributed by atoms with Gasteiger partial charge >= 0.3 is 5.97 Å². The van der Waals surface area contributed by atoms with E-state index in [1.54, 1.807) is 13.8 Å². The first-order valence-electron chi connectivity index (χ1n) is 3.79. The van der Waals surface area contributed by atoms with Crippen LogP contribution in [-0.2, 0) is 5.41 Å². The van der Waals surface area contributed by atoms with Gasteiger partial charge in [0.15, 0.2) is 5.69 Å². The highest BCUT2D eigenvalue weighted by Crippen LogP contribution is 2.22. The normalized spacial score (nSPS) is 11.6. The maximum Gasteiger partial charge on any atom is 0.358 e. The number of rotatable bonds is 3. The van der Waals surface area contributed by atoms with Gasteiger partial charge in [0.2, 0.25) is 0 Å². The SMILES string of the molecule is CC(C)(CO)c1cc(C(=O)O)no1. The molecule has 13 heavy (non-hydrogen) atoms. The van der Waals surface area contributed by atoms with Crippen molar-refractivity contribution < 1.29 is 19.5 Å². The highest BCUT2D eigenvalue weighted by atomic mass is 16.5. The van der Waals surface area contributed by atoms with Crippen molar-refractivity contribution in [3.63, 3.8) is 0 Å². The van der Waals surface area contributed by atoms with Crippen LogP contribution >= 0.6 is 0 Å². The van der Waals surface area contributed by atoms with E-state index >= 15 is 0 Å². The molecule has 0 aliphatic rings. The fourth-order valence-electron chi connectivity index (χ4n) is 0.773. The highest BCUT2D eigenvalue weighted by molar-refractivity contribution is 5.85. The summed E-state index contributed by atoms with van der Waals surface area (Å²) in [6.07, 6.45) is 0. The molecule has 72 valence electrons. The zero-order chi connectivity index (χ0) is 10.1. The quantitative estimate of drug-likeness (QED) is 0.722. The van der Waals surface area contributed by atoms with Crippen LogP contribution in [-0.4, -0.2) is 27.9 Å². The van der Waals surface area contributed by atoms with Crippen LogP contribution in [0.2, 0.25) is 0 Å². The Kier molecular flexibility index (Phi) is 2.38. The molecule has 1 aromatic rings. The van der Waals surface area contributed by atoms with E-state index in [9.17, 15) is 4.79 Å². The molecule has 1 aromatic heterocycles. The second-order valence-electron chi connectivity index (χ2n) is 3.42. The van der Waals surface area contributed by atoms with Crippen LogP contribution in [0.4, 0.5) is 0 Å². The van der Waals surface area contributed by atoms with Crippen molar-refractivity contribution >= 4 is 5.97 Å². The fraction of sp³-hybridized carbons (Fsp3) is 0.500. The Morgan fingerprint density at radius 3 is 2.69 bits per heavy atom. The minimum absolute atomic E-state index is 0.124. The number of carbonyl (C=O) groups is 1. The smallest absolute Gasteiger partial charge is 0.358 e. The fourth-order valence-corrected chi connectivity index (χ4v) is 0.773. The van der Waals surface area contributed by atoms with Crippen molar-refractivity contribution in [2.45, 2.75) is 19.3 Å². The van der Waals surface area contributed by atoms with Crippen LogP contribution in [0.5, 0.6) is 0 Å². The zero-order valence-corrected chi connectivity index (χ0v) is 7.44. The second-order valence-corrected chi connectivity index (χ2v) is 3.42. The lowest BCUT2D eigenvalue weighted by Crippen LogP contribution is -2.21. The van der Waals surface area contributed by atoms with Gasteiger partial charge in [-0.1, -0.05) is 19.0 Å². The van der Waals surface area contributed by atoms with Crippen molar-refractivity contribution in [2.24, 2.45) is 0 Å². The van der Waals surface area contributed by atoms with Crippen LogP contribution in [0.1, 0.15) is 30.1 Å². The van der Waals surface area contributed by atoms with Gasteiger partial charge in [-0.25, -0.2) is 4.79 Å². The molecule has 0 aromatic carbocycles. The zero-order valence-electron chi connectivity index (χ0n) is 7.44. The third-order valence-electron chi connectivity index (χ3n) is 1.79. The molecule has 0 amide bonds. The summed E-state index contributed by atoms with van der Waals surface area (Å²) in [6, 6.07) is 1.32. The van der Waals surface area contributed by atoms with E-state index in [1.165, 1.54) is 6.07 Å². The van der Waals surface area contributed by atoms with E-state index < -0.39 is 11.4 Å². The van der Waals surface area contributed by atoms with Crippen molar-refractivity contribution in [3.8, 4) is 0 Å². The molecule has 0 atom stereocenters. The Morgan fingerprint density at radius 2 is 2.31 bits per heavy atom. The van der Waals surface area contributed by atoms with Crippen LogP contribution < -0.4 is 0 Å². The molecule has 0 bridgehead atoms. The predicted molar refractivity (Wildman–Crippen MR) is 43.6 cm³/mol. The maximum atomic E-state index is 10.4. The molecule has 0 radical (unpaired) electrons. The minimum atomic E-state index is -1.14. The molecule has 0 saturated heterocycles. The highest BCUT2D eigenvalue weighted by Gasteiger charge is 2.26. The summed E-state index contributed by atoms with van der Waals surface area (Å²) in [5, 5.41) is 20.9. The first kappa shape index (κ1) is 9.73. The first-order valence-corrected chi connectivity index (χ1v) is 3.79. The maximum absolute atomic E-state index is 10.4. The van der Waals surface area contributed by atoms with E-state index in [0.29, 0.717) is 5.76 Å². The molecule has 1 heterocycles. The third kappa shape index (κ3) is 1.86. The van der Waals surface area contributed by atoms with Gasteiger partial charge in [0.05, 0.1) is 6.61 Å². The van der Waals surface area contributed by atoms with E-state index in [2.05, 4.69) is 5.16 Å². The summed E-state index contributed by atoms with van der Waals surface area (Å²) in [6.45, 7) is 3.35. The molecular formula is C8H11NO4. The summed E-state index contributed by atoms with van der Waals surface area (Å²) in [4.78, 5) is 10.4. The number of hydrogen-bond donors (Lipinski definition) is 2. The Hall–Kier alpha value is -1.36. The lowest BCUT2D eigenvalue weighted by atomic mass is 9.91. The monoisotopic (exact) mass is 185 g/mol. The molecule has 0 unspecified atom stereocenters. The molecule has 0 fully saturated rings. The first-order chi connectivity index (χ1) is 5.97. The van der Waals surface area contributed by atoms with Crippen molar-refractivity contribution in [3.05, 3.63) is 17.5 Å². The molecule has 5 heteroatoms. The van der Waals surface area contributed by atoms with Crippen molar-refractivity contribution in [1.82, 2.24) is 5.16 Å². The van der Waals surface area contributed by atoms with Gasteiger partial charge < -0.3 is 14.7 Å². The summed E-state index contributed by atoms with van der Waals surface area (Å²) in [5.41, 5.74) is -0.739. The largest absolute Gasteiger partial charge is 0.476 e. The standard InChI is InChI=1S/C8H11NO4/c1-8(2,4-10)6-3-5(7(11)12)9-13-6/h3,10H,4H2,1-2H3,(H,11,12). The van der Waals surface area contributed by atoms with Crippen LogP contribution in [0.15, 0.2) is 10.6 Å². The van der Waals surface area contributed by atoms with Gasteiger partial charge in [-0.2, -0.15) is 0 Å². The van der Waals surface area contributed by atoms with Crippen molar-refractivity contribution in [1.29, 1.82) is 0 Å². The summed E-state index contributed by atoms with van der Waals surface area (Å²) < 4.78 is 4.79. The molecule has 5 nitrogen and oxygen atoms in total. The average Bonchev–Trinajstić information content (AvgIpc) is 2.52. The number of carboxylic acid groups (broad SMARTS) is 1. The van der Waals surface area contributed by atoms with Gasteiger partial charge in [0, 0.05) is 11.5 Å². The predicted octanol–water partition coefficient (Wildman–Crippen LogP) is 0.643. The molecule has 0 aliphatic carbocycles. The van der Waals surface area contributed by atoms with Crippen LogP contribution in [0.3, 0.4) is 0 Å². The molecular weight excluding hydrogens is 174 g/mol. The number of aromatic nitrogens is 1. The van der Waals surface area contributed by atoms with Gasteiger partial charge in [-0.05, 0) is 0 Å². The Morgan fingerprint density at radius 1 is 1.69 bits per heavy atom. The molecule has 0 spiro atoms. The van der Waals surface area contributed by atoms with E-state index in [4.69, 9.17) is 14.7 Å². The van der Waals surface area contributed by atoms with Crippen LogP contribution in [0, 0.1) is 0 Å². The van der Waals surface area contributed by atoms with Gasteiger partial charge in [-0.15, -0.1) is 0 Å². The molecule has 0 saturated carbocycles. The molecule has 0 aliphatic heterocycles. The third-order valence-corrected chi connectivity index (χ3v) is 1.79. The van der Waals surface area contributed by atoms with Crippen molar-refractivity contribution in [2.75, 3.05) is 6.61 Å². The number of aromatic carboxylic acids is 1. The minimum Gasteiger partial charge on any atom is -0.476 e. The Labute approximate surface area is 75.0 Å². The van der Waals surface area contributed by atoms with Gasteiger partial charge in [-0.3, -0.25) is 0 Å². The van der Waals surface area contributed by atoms with Crippen LogP contribution in [0.25, 0.3) is 0 Å².